The minimum Gasteiger partial charge on any atom is -0.289 e. The zero-order valence-electron chi connectivity index (χ0n) is 14.0. The number of hydrogen-bond acceptors (Lipinski definition) is 2. The molecule has 2 nitrogen and oxygen atoms in total. The Bertz CT molecular complexity index is 905. The van der Waals surface area contributed by atoms with Crippen LogP contribution in [-0.2, 0) is 0 Å². The van der Waals surface area contributed by atoms with Crippen LogP contribution in [-0.4, -0.2) is 11.6 Å². The third kappa shape index (κ3) is 3.99. The largest absolute Gasteiger partial charge is 0.289 e. The van der Waals surface area contributed by atoms with Crippen molar-refractivity contribution in [2.24, 2.45) is 0 Å². The second-order valence-electron chi connectivity index (χ2n) is 5.85. The summed E-state index contributed by atoms with van der Waals surface area (Å²) in [6, 6.07) is 25.6. The molecule has 0 N–H and O–H groups in total. The molecule has 0 aliphatic rings. The Morgan fingerprint density at radius 2 is 1.16 bits per heavy atom. The molecule has 0 spiro atoms. The third-order valence-corrected chi connectivity index (χ3v) is 3.98. The molecule has 0 fully saturated rings. The molecule has 3 aromatic carbocycles. The first kappa shape index (κ1) is 16.6. The molecule has 0 unspecified atom stereocenters. The standard InChI is InChI=1S/C23H18O2/c1-17-12-14-18(15-13-17)21(23(25)20-10-6-3-7-11-20)16-22(24)19-8-4-2-5-9-19/h2-16H,1H3. The van der Waals surface area contributed by atoms with Crippen molar-refractivity contribution in [1.82, 2.24) is 0 Å². The maximum Gasteiger partial charge on any atom is 0.193 e. The van der Waals surface area contributed by atoms with Crippen molar-refractivity contribution in [2.75, 3.05) is 0 Å². The fourth-order valence-electron chi connectivity index (χ4n) is 2.57. The van der Waals surface area contributed by atoms with Crippen LogP contribution in [0.2, 0.25) is 0 Å². The van der Waals surface area contributed by atoms with E-state index < -0.39 is 0 Å². The first-order valence-corrected chi connectivity index (χ1v) is 8.13. The summed E-state index contributed by atoms with van der Waals surface area (Å²) in [6.07, 6.45) is 1.44. The van der Waals surface area contributed by atoms with E-state index in [4.69, 9.17) is 0 Å². The quantitative estimate of drug-likeness (QED) is 0.480. The van der Waals surface area contributed by atoms with Crippen LogP contribution in [0.1, 0.15) is 31.8 Å². The number of benzene rings is 3. The van der Waals surface area contributed by atoms with Crippen LogP contribution in [0.3, 0.4) is 0 Å². The third-order valence-electron chi connectivity index (χ3n) is 3.98. The van der Waals surface area contributed by atoms with E-state index in [0.717, 1.165) is 11.1 Å². The van der Waals surface area contributed by atoms with Gasteiger partial charge in [-0.05, 0) is 18.6 Å². The van der Waals surface area contributed by atoms with Gasteiger partial charge in [0.1, 0.15) is 0 Å². The molecule has 0 atom stereocenters. The molecule has 0 radical (unpaired) electrons. The summed E-state index contributed by atoms with van der Waals surface area (Å²) in [6.45, 7) is 1.99. The molecule has 0 amide bonds. The molecule has 0 aromatic heterocycles. The Balaban J connectivity index is 2.06. The van der Waals surface area contributed by atoms with Gasteiger partial charge in [0.2, 0.25) is 0 Å². The Kier molecular flexibility index (Phi) is 5.00. The summed E-state index contributed by atoms with van der Waals surface area (Å²) < 4.78 is 0. The summed E-state index contributed by atoms with van der Waals surface area (Å²) in [4.78, 5) is 25.6. The molecule has 3 rings (SSSR count). The smallest absolute Gasteiger partial charge is 0.193 e. The van der Waals surface area contributed by atoms with Crippen LogP contribution in [0, 0.1) is 6.92 Å². The first-order chi connectivity index (χ1) is 12.1. The molecule has 0 bridgehead atoms. The van der Waals surface area contributed by atoms with Gasteiger partial charge in [-0.3, -0.25) is 9.59 Å². The van der Waals surface area contributed by atoms with Crippen LogP contribution in [0.15, 0.2) is 91.0 Å². The van der Waals surface area contributed by atoms with Crippen LogP contribution in [0.5, 0.6) is 0 Å². The van der Waals surface area contributed by atoms with Gasteiger partial charge in [0.05, 0.1) is 0 Å². The molecule has 0 saturated carbocycles. The molecule has 0 saturated heterocycles. The molecular weight excluding hydrogens is 308 g/mol. The van der Waals surface area contributed by atoms with Gasteiger partial charge in [-0.2, -0.15) is 0 Å². The highest BCUT2D eigenvalue weighted by atomic mass is 16.1. The number of carbonyl (C=O) groups is 2. The molecule has 122 valence electrons. The first-order valence-electron chi connectivity index (χ1n) is 8.13. The van der Waals surface area contributed by atoms with E-state index in [-0.39, 0.29) is 11.6 Å². The predicted octanol–water partition coefficient (Wildman–Crippen LogP) is 5.14. The number of aryl methyl sites for hydroxylation is 1. The highest BCUT2D eigenvalue weighted by Crippen LogP contribution is 2.21. The molecule has 0 heterocycles. The van der Waals surface area contributed by atoms with Crippen molar-refractivity contribution in [3.8, 4) is 0 Å². The fraction of sp³-hybridized carbons (Fsp3) is 0.0435. The lowest BCUT2D eigenvalue weighted by atomic mass is 9.94. The fourth-order valence-corrected chi connectivity index (χ4v) is 2.57. The zero-order valence-corrected chi connectivity index (χ0v) is 14.0. The SMILES string of the molecule is Cc1ccc(C(=CC(=O)c2ccccc2)C(=O)c2ccccc2)cc1. The lowest BCUT2D eigenvalue weighted by Gasteiger charge is -2.08. The van der Waals surface area contributed by atoms with E-state index in [1.807, 2.05) is 67.6 Å². The van der Waals surface area contributed by atoms with E-state index in [1.54, 1.807) is 24.3 Å². The highest BCUT2D eigenvalue weighted by molar-refractivity contribution is 6.32. The van der Waals surface area contributed by atoms with Gasteiger partial charge in [-0.15, -0.1) is 0 Å². The minimum absolute atomic E-state index is 0.159. The van der Waals surface area contributed by atoms with Crippen molar-refractivity contribution < 1.29 is 9.59 Å². The Morgan fingerprint density at radius 1 is 0.640 bits per heavy atom. The molecule has 0 aliphatic carbocycles. The summed E-state index contributed by atoms with van der Waals surface area (Å²) in [5.74, 6) is -0.339. The van der Waals surface area contributed by atoms with Crippen LogP contribution < -0.4 is 0 Å². The van der Waals surface area contributed by atoms with Crippen molar-refractivity contribution in [1.29, 1.82) is 0 Å². The second-order valence-corrected chi connectivity index (χ2v) is 5.85. The summed E-state index contributed by atoms with van der Waals surface area (Å²) in [7, 11) is 0. The Hall–Kier alpha value is -3.26. The number of rotatable bonds is 5. The van der Waals surface area contributed by atoms with Gasteiger partial charge < -0.3 is 0 Å². The average Bonchev–Trinajstić information content (AvgIpc) is 2.67. The number of hydrogen-bond donors (Lipinski definition) is 0. The molecule has 25 heavy (non-hydrogen) atoms. The number of allylic oxidation sites excluding steroid dienone is 2. The molecule has 3 aromatic rings. The number of Topliss-reactive ketones (excluding diaryl/α,β-unsaturated/α-hetero) is 1. The van der Waals surface area contributed by atoms with Gasteiger partial charge in [0.25, 0.3) is 0 Å². The maximum atomic E-state index is 13.0. The predicted molar refractivity (Wildman–Crippen MR) is 101 cm³/mol. The van der Waals surface area contributed by atoms with Crippen molar-refractivity contribution >= 4 is 17.1 Å². The van der Waals surface area contributed by atoms with Crippen molar-refractivity contribution in [3.05, 3.63) is 113 Å². The summed E-state index contributed by atoms with van der Waals surface area (Å²) >= 11 is 0. The van der Waals surface area contributed by atoms with E-state index in [2.05, 4.69) is 0 Å². The van der Waals surface area contributed by atoms with E-state index in [0.29, 0.717) is 16.7 Å². The van der Waals surface area contributed by atoms with Gasteiger partial charge in [-0.25, -0.2) is 0 Å². The van der Waals surface area contributed by atoms with Gasteiger partial charge in [0.15, 0.2) is 11.6 Å². The van der Waals surface area contributed by atoms with E-state index >= 15 is 0 Å². The lowest BCUT2D eigenvalue weighted by Crippen LogP contribution is -2.06. The topological polar surface area (TPSA) is 34.1 Å². The van der Waals surface area contributed by atoms with Gasteiger partial charge >= 0.3 is 0 Å². The minimum atomic E-state index is -0.180. The van der Waals surface area contributed by atoms with E-state index in [1.165, 1.54) is 6.08 Å². The monoisotopic (exact) mass is 326 g/mol. The summed E-state index contributed by atoms with van der Waals surface area (Å²) in [5, 5.41) is 0. The number of carbonyl (C=O) groups excluding carboxylic acids is 2. The second kappa shape index (κ2) is 7.54. The van der Waals surface area contributed by atoms with Crippen molar-refractivity contribution in [2.45, 2.75) is 6.92 Å². The average molecular weight is 326 g/mol. The normalized spacial score (nSPS) is 11.2. The van der Waals surface area contributed by atoms with Crippen LogP contribution >= 0.6 is 0 Å². The molecule has 2 heteroatoms. The van der Waals surface area contributed by atoms with Crippen molar-refractivity contribution in [3.63, 3.8) is 0 Å². The van der Waals surface area contributed by atoms with Crippen LogP contribution in [0.4, 0.5) is 0 Å². The Labute approximate surface area is 147 Å². The molecular formula is C23H18O2. The van der Waals surface area contributed by atoms with E-state index in [9.17, 15) is 9.59 Å². The number of ketones is 2. The lowest BCUT2D eigenvalue weighted by molar-refractivity contribution is 0.102. The van der Waals surface area contributed by atoms with Crippen LogP contribution in [0.25, 0.3) is 5.57 Å². The Morgan fingerprint density at radius 3 is 1.72 bits per heavy atom. The zero-order chi connectivity index (χ0) is 17.6. The highest BCUT2D eigenvalue weighted by Gasteiger charge is 2.16. The summed E-state index contributed by atoms with van der Waals surface area (Å²) in [5.41, 5.74) is 3.37. The molecule has 0 aliphatic heterocycles. The van der Waals surface area contributed by atoms with Gasteiger partial charge in [0, 0.05) is 16.7 Å². The maximum absolute atomic E-state index is 13.0. The van der Waals surface area contributed by atoms with Gasteiger partial charge in [-0.1, -0.05) is 90.5 Å².